The van der Waals surface area contributed by atoms with Crippen molar-refractivity contribution in [1.82, 2.24) is 0 Å². The first-order valence-electron chi connectivity index (χ1n) is 11.3. The van der Waals surface area contributed by atoms with Crippen molar-refractivity contribution in [2.24, 2.45) is 28.6 Å². The van der Waals surface area contributed by atoms with Crippen LogP contribution in [0.2, 0.25) is 0 Å². The molecule has 0 aromatic rings. The molecule has 4 fully saturated rings. The second-order valence-corrected chi connectivity index (χ2v) is 11.2. The molecule has 5 rings (SSSR count). The van der Waals surface area contributed by atoms with Crippen LogP contribution in [0.15, 0.2) is 11.6 Å². The molecule has 1 N–H and O–H groups in total. The molecule has 4 aliphatic carbocycles. The van der Waals surface area contributed by atoms with Gasteiger partial charge in [0.1, 0.15) is 6.17 Å². The summed E-state index contributed by atoms with van der Waals surface area (Å²) in [6.07, 6.45) is 1.62. The number of ketones is 2. The molecular formula is C24H33FO5. The molecule has 30 heavy (non-hydrogen) atoms. The Balaban J connectivity index is 1.63. The molecule has 0 bridgehead atoms. The van der Waals surface area contributed by atoms with Crippen LogP contribution in [-0.4, -0.2) is 46.4 Å². The number of carbonyl (C=O) groups excluding carboxylic acids is 2. The minimum absolute atomic E-state index is 0.0597. The molecule has 1 saturated heterocycles. The highest BCUT2D eigenvalue weighted by molar-refractivity contribution is 5.91. The smallest absolute Gasteiger partial charge is 0.165 e. The lowest BCUT2D eigenvalue weighted by Crippen LogP contribution is -2.68. The van der Waals surface area contributed by atoms with Gasteiger partial charge in [0.15, 0.2) is 23.0 Å². The van der Waals surface area contributed by atoms with Crippen LogP contribution in [0.3, 0.4) is 0 Å². The van der Waals surface area contributed by atoms with Gasteiger partial charge in [-0.25, -0.2) is 4.39 Å². The van der Waals surface area contributed by atoms with Crippen molar-refractivity contribution in [2.45, 2.75) is 96.5 Å². The van der Waals surface area contributed by atoms with Gasteiger partial charge in [-0.2, -0.15) is 0 Å². The molecule has 0 spiro atoms. The maximum Gasteiger partial charge on any atom is 0.165 e. The second-order valence-electron chi connectivity index (χ2n) is 11.2. The molecule has 0 aromatic heterocycles. The summed E-state index contributed by atoms with van der Waals surface area (Å²) in [5.41, 5.74) is -1.86. The summed E-state index contributed by atoms with van der Waals surface area (Å²) < 4.78 is 28.8. The number of alkyl halides is 1. The van der Waals surface area contributed by atoms with Crippen molar-refractivity contribution in [3.8, 4) is 0 Å². The molecule has 5 aliphatic rings. The van der Waals surface area contributed by atoms with Gasteiger partial charge in [-0.05, 0) is 75.7 Å². The van der Waals surface area contributed by atoms with E-state index < -0.39 is 35.2 Å². The first-order valence-corrected chi connectivity index (χ1v) is 11.3. The molecule has 1 aliphatic heterocycles. The van der Waals surface area contributed by atoms with Crippen molar-refractivity contribution in [3.05, 3.63) is 11.6 Å². The molecule has 5 nitrogen and oxygen atoms in total. The zero-order chi connectivity index (χ0) is 21.9. The fraction of sp³-hybridized carbons (Fsp3) is 0.833. The van der Waals surface area contributed by atoms with Crippen molar-refractivity contribution in [2.75, 3.05) is 0 Å². The van der Waals surface area contributed by atoms with Crippen LogP contribution in [0.5, 0.6) is 0 Å². The van der Waals surface area contributed by atoms with Gasteiger partial charge in [-0.15, -0.1) is 0 Å². The number of hydrogen-bond donors (Lipinski definition) is 1. The molecular weight excluding hydrogens is 387 g/mol. The van der Waals surface area contributed by atoms with Gasteiger partial charge < -0.3 is 14.6 Å². The maximum absolute atomic E-state index is 16.4. The number of allylic oxidation sites excluding steroid dienone is 1. The predicted octanol–water partition coefficient (Wildman–Crippen LogP) is 3.53. The highest BCUT2D eigenvalue weighted by atomic mass is 19.1. The van der Waals surface area contributed by atoms with E-state index in [4.69, 9.17) is 9.47 Å². The topological polar surface area (TPSA) is 72.8 Å². The van der Waals surface area contributed by atoms with E-state index in [9.17, 15) is 14.7 Å². The largest absolute Gasteiger partial charge is 0.390 e. The average molecular weight is 421 g/mol. The van der Waals surface area contributed by atoms with Crippen LogP contribution in [0.25, 0.3) is 0 Å². The molecule has 0 aromatic carbocycles. The van der Waals surface area contributed by atoms with Crippen molar-refractivity contribution in [1.29, 1.82) is 0 Å². The van der Waals surface area contributed by atoms with E-state index in [0.29, 0.717) is 19.3 Å². The van der Waals surface area contributed by atoms with Gasteiger partial charge >= 0.3 is 0 Å². The molecule has 1 heterocycles. The van der Waals surface area contributed by atoms with Crippen LogP contribution in [-0.2, 0) is 19.1 Å². The summed E-state index contributed by atoms with van der Waals surface area (Å²) in [7, 11) is 0. The Hall–Kier alpha value is -1.11. The van der Waals surface area contributed by atoms with Crippen LogP contribution in [0.1, 0.15) is 66.7 Å². The van der Waals surface area contributed by atoms with E-state index >= 15 is 4.39 Å². The van der Waals surface area contributed by atoms with E-state index in [1.807, 2.05) is 0 Å². The lowest BCUT2D eigenvalue weighted by molar-refractivity contribution is -0.247. The van der Waals surface area contributed by atoms with E-state index in [-0.39, 0.29) is 34.7 Å². The van der Waals surface area contributed by atoms with Crippen LogP contribution in [0.4, 0.5) is 4.39 Å². The number of hydrogen-bond acceptors (Lipinski definition) is 5. The number of aliphatic hydroxyl groups is 1. The van der Waals surface area contributed by atoms with Gasteiger partial charge in [0.05, 0.1) is 12.2 Å². The molecule has 166 valence electrons. The SMILES string of the molecule is CC(=O)[C@@]12OC(C)(C)O[C@@H]1CC1C3CCC4=CC(=O)CCC4(C)C3C(O)[C@@H](F)C12C. The number of ether oxygens (including phenoxy) is 2. The minimum Gasteiger partial charge on any atom is -0.390 e. The third kappa shape index (κ3) is 2.23. The summed E-state index contributed by atoms with van der Waals surface area (Å²) >= 11 is 0. The minimum atomic E-state index is -1.61. The Bertz CT molecular complexity index is 851. The van der Waals surface area contributed by atoms with Gasteiger partial charge in [-0.3, -0.25) is 9.59 Å². The number of Topliss-reactive ketones (excluding diaryl/α,β-unsaturated/α-hetero) is 1. The second kappa shape index (κ2) is 6.02. The van der Waals surface area contributed by atoms with Crippen LogP contribution in [0, 0.1) is 28.6 Å². The van der Waals surface area contributed by atoms with Gasteiger partial charge in [-0.1, -0.05) is 19.4 Å². The quantitative estimate of drug-likeness (QED) is 0.703. The summed E-state index contributed by atoms with van der Waals surface area (Å²) in [5.74, 6) is -1.39. The van der Waals surface area contributed by atoms with Crippen molar-refractivity contribution in [3.63, 3.8) is 0 Å². The molecule has 6 unspecified atom stereocenters. The maximum atomic E-state index is 16.4. The number of rotatable bonds is 1. The Labute approximate surface area is 177 Å². The highest BCUT2D eigenvalue weighted by Gasteiger charge is 2.79. The molecule has 9 atom stereocenters. The van der Waals surface area contributed by atoms with Crippen LogP contribution < -0.4 is 0 Å². The summed E-state index contributed by atoms with van der Waals surface area (Å²) in [5, 5.41) is 11.4. The first kappa shape index (κ1) is 20.8. The Kier molecular flexibility index (Phi) is 4.17. The highest BCUT2D eigenvalue weighted by Crippen LogP contribution is 2.71. The standard InChI is InChI=1S/C24H33FO5/c1-12(26)24-17(29-21(2,3)30-24)11-16-15-7-6-13-10-14(27)8-9-22(13,4)18(15)19(28)20(25)23(16,24)5/h10,15-20,28H,6-9,11H2,1-5H3/t15?,16?,17-,18?,19?,20-,22?,23?,24-/m1/s1. The molecule has 3 saturated carbocycles. The summed E-state index contributed by atoms with van der Waals surface area (Å²) in [6, 6.07) is 0. The molecule has 6 heteroatoms. The van der Waals surface area contributed by atoms with E-state index in [0.717, 1.165) is 18.4 Å². The van der Waals surface area contributed by atoms with Gasteiger partial charge in [0.2, 0.25) is 0 Å². The van der Waals surface area contributed by atoms with Crippen molar-refractivity contribution < 1.29 is 28.6 Å². The monoisotopic (exact) mass is 420 g/mol. The predicted molar refractivity (Wildman–Crippen MR) is 107 cm³/mol. The number of fused-ring (bicyclic) bond motifs is 7. The zero-order valence-electron chi connectivity index (χ0n) is 18.5. The van der Waals surface area contributed by atoms with Gasteiger partial charge in [0.25, 0.3) is 0 Å². The Morgan fingerprint density at radius 2 is 1.93 bits per heavy atom. The first-order chi connectivity index (χ1) is 13.9. The normalized spacial score (nSPS) is 54.0. The number of halogens is 1. The lowest BCUT2D eigenvalue weighted by Gasteiger charge is -2.61. The summed E-state index contributed by atoms with van der Waals surface area (Å²) in [6.45, 7) is 8.88. The Morgan fingerprint density at radius 3 is 2.60 bits per heavy atom. The van der Waals surface area contributed by atoms with E-state index in [1.54, 1.807) is 26.8 Å². The van der Waals surface area contributed by atoms with Gasteiger partial charge in [0, 0.05) is 11.8 Å². The lowest BCUT2D eigenvalue weighted by atomic mass is 9.44. The molecule has 0 radical (unpaired) electrons. The average Bonchev–Trinajstić information content (AvgIpc) is 3.07. The number of carbonyl (C=O) groups is 2. The zero-order valence-corrected chi connectivity index (χ0v) is 18.5. The fourth-order valence-electron chi connectivity index (χ4n) is 8.34. The third-order valence-corrected chi connectivity index (χ3v) is 9.51. The molecule has 0 amide bonds. The third-order valence-electron chi connectivity index (χ3n) is 9.51. The fourth-order valence-corrected chi connectivity index (χ4v) is 8.34. The number of aliphatic hydroxyl groups excluding tert-OH is 1. The van der Waals surface area contributed by atoms with Crippen molar-refractivity contribution >= 4 is 11.6 Å². The van der Waals surface area contributed by atoms with E-state index in [1.165, 1.54) is 6.92 Å². The Morgan fingerprint density at radius 1 is 1.23 bits per heavy atom. The van der Waals surface area contributed by atoms with Crippen LogP contribution >= 0.6 is 0 Å². The van der Waals surface area contributed by atoms with E-state index in [2.05, 4.69) is 6.92 Å². The summed E-state index contributed by atoms with van der Waals surface area (Å²) in [4.78, 5) is 25.1.